The van der Waals surface area contributed by atoms with Gasteiger partial charge in [-0.15, -0.1) is 0 Å². The van der Waals surface area contributed by atoms with Crippen molar-refractivity contribution in [2.75, 3.05) is 19.8 Å². The number of carbonyl (C=O) groups excluding carboxylic acids is 4. The Morgan fingerprint density at radius 3 is 1.55 bits per heavy atom. The number of aromatic nitrogens is 3. The summed E-state index contributed by atoms with van der Waals surface area (Å²) >= 11 is 0. The van der Waals surface area contributed by atoms with Crippen LogP contribution in [0.3, 0.4) is 0 Å². The van der Waals surface area contributed by atoms with E-state index in [2.05, 4.69) is 20.3 Å². The van der Waals surface area contributed by atoms with E-state index in [1.807, 2.05) is 91.4 Å². The minimum Gasteiger partial charge on any atom is -0.466 e. The van der Waals surface area contributed by atoms with Gasteiger partial charge in [0.25, 0.3) is 5.91 Å². The van der Waals surface area contributed by atoms with Crippen LogP contribution in [-0.4, -0.2) is 64.6 Å². The molecule has 0 bridgehead atoms. The summed E-state index contributed by atoms with van der Waals surface area (Å²) in [6, 6.07) is 23.6. The van der Waals surface area contributed by atoms with E-state index in [9.17, 15) is 19.2 Å². The number of H-pyrrole nitrogens is 3. The third-order valence-electron chi connectivity index (χ3n) is 9.51. The van der Waals surface area contributed by atoms with E-state index in [1.54, 1.807) is 13.8 Å². The zero-order valence-electron chi connectivity index (χ0n) is 30.2. The van der Waals surface area contributed by atoms with Crippen LogP contribution in [0.5, 0.6) is 0 Å². The van der Waals surface area contributed by atoms with Crippen LogP contribution in [0.1, 0.15) is 56.2 Å². The van der Waals surface area contributed by atoms with Gasteiger partial charge in [-0.3, -0.25) is 19.2 Å². The first-order valence-electron chi connectivity index (χ1n) is 18.1. The number of hydrogen-bond acceptors (Lipinski definition) is 7. The summed E-state index contributed by atoms with van der Waals surface area (Å²) in [4.78, 5) is 61.7. The van der Waals surface area contributed by atoms with E-state index >= 15 is 0 Å². The fourth-order valence-electron chi connectivity index (χ4n) is 6.53. The minimum absolute atomic E-state index is 0.0562. The van der Waals surface area contributed by atoms with E-state index in [-0.39, 0.29) is 45.0 Å². The number of carbonyl (C=O) groups is 4. The third-order valence-corrected chi connectivity index (χ3v) is 9.51. The number of para-hydroxylation sites is 3. The van der Waals surface area contributed by atoms with Crippen LogP contribution < -0.4 is 5.32 Å². The Bertz CT molecular complexity index is 2190. The molecule has 0 aliphatic heterocycles. The number of esters is 3. The lowest BCUT2D eigenvalue weighted by Gasteiger charge is -2.32. The number of fused-ring (bicyclic) bond motifs is 3. The van der Waals surface area contributed by atoms with Crippen molar-refractivity contribution in [1.82, 2.24) is 20.3 Å². The number of rotatable bonds is 18. The summed E-state index contributed by atoms with van der Waals surface area (Å²) in [6.45, 7) is 3.64. The molecule has 0 spiro atoms. The van der Waals surface area contributed by atoms with Crippen molar-refractivity contribution in [3.8, 4) is 0 Å². The van der Waals surface area contributed by atoms with Crippen molar-refractivity contribution in [3.63, 3.8) is 0 Å². The summed E-state index contributed by atoms with van der Waals surface area (Å²) in [7, 11) is 0. The van der Waals surface area contributed by atoms with Crippen molar-refractivity contribution in [2.45, 2.75) is 64.9 Å². The molecule has 0 saturated carbocycles. The predicted molar refractivity (Wildman–Crippen MR) is 203 cm³/mol. The van der Waals surface area contributed by atoms with Crippen LogP contribution in [0.2, 0.25) is 0 Å². The molecule has 1 unspecified atom stereocenters. The number of nitrogens with one attached hydrogen (secondary N) is 4. The monoisotopic (exact) mass is 718 g/mol. The summed E-state index contributed by atoms with van der Waals surface area (Å²) in [5.74, 6) is -1.80. The first kappa shape index (κ1) is 36.9. The fourth-order valence-corrected chi connectivity index (χ4v) is 6.53. The SMILES string of the molecule is CC(C)(COC(=O)CCc1c[nH]c2ccccc12)C(OC(=O)CCc1c[nH]c2ccccc12)C(=O)NCCCOC(=O)CCc1c[nH]c2ccccc12. The van der Waals surface area contributed by atoms with E-state index in [0.717, 1.165) is 49.4 Å². The first-order chi connectivity index (χ1) is 25.7. The molecule has 11 heteroatoms. The molecule has 3 aromatic heterocycles. The number of aromatic amines is 3. The van der Waals surface area contributed by atoms with Gasteiger partial charge < -0.3 is 34.5 Å². The standard InChI is InChI=1S/C42H46N4O7/c1-42(2,27-52-38(48)20-17-29-25-45-35-14-7-4-11-32(29)35)40(53-39(49)21-18-30-26-46-36-15-8-5-12-33(30)36)41(50)43-22-9-23-51-37(47)19-16-28-24-44-34-13-6-3-10-31(28)34/h3-8,10-15,24-26,40,44-46H,9,16-23,27H2,1-2H3,(H,43,50). The van der Waals surface area contributed by atoms with Gasteiger partial charge in [-0.1, -0.05) is 68.4 Å². The smallest absolute Gasteiger partial charge is 0.306 e. The van der Waals surface area contributed by atoms with Crippen LogP contribution in [0, 0.1) is 5.41 Å². The lowest BCUT2D eigenvalue weighted by molar-refractivity contribution is -0.168. The number of amides is 1. The molecule has 0 aliphatic rings. The largest absolute Gasteiger partial charge is 0.466 e. The summed E-state index contributed by atoms with van der Waals surface area (Å²) in [6.07, 6.45) is 6.71. The van der Waals surface area contributed by atoms with E-state index in [4.69, 9.17) is 14.2 Å². The van der Waals surface area contributed by atoms with Gasteiger partial charge in [0.05, 0.1) is 6.61 Å². The number of aryl methyl sites for hydroxylation is 3. The molecule has 0 radical (unpaired) electrons. The molecular formula is C42H46N4O7. The molecule has 3 heterocycles. The Labute approximate surface area is 307 Å². The van der Waals surface area contributed by atoms with Crippen molar-refractivity contribution < 1.29 is 33.4 Å². The fraction of sp³-hybridized carbons (Fsp3) is 0.333. The zero-order valence-corrected chi connectivity index (χ0v) is 30.2. The van der Waals surface area contributed by atoms with Crippen LogP contribution >= 0.6 is 0 Å². The molecule has 276 valence electrons. The van der Waals surface area contributed by atoms with Crippen molar-refractivity contribution in [3.05, 3.63) is 108 Å². The second kappa shape index (κ2) is 17.1. The Kier molecular flexibility index (Phi) is 11.9. The summed E-state index contributed by atoms with van der Waals surface area (Å²) in [5, 5.41) is 5.98. The van der Waals surface area contributed by atoms with Gasteiger partial charge >= 0.3 is 17.9 Å². The Morgan fingerprint density at radius 1 is 0.623 bits per heavy atom. The highest BCUT2D eigenvalue weighted by Gasteiger charge is 2.40. The van der Waals surface area contributed by atoms with E-state index < -0.39 is 29.4 Å². The predicted octanol–water partition coefficient (Wildman–Crippen LogP) is 6.86. The lowest BCUT2D eigenvalue weighted by Crippen LogP contribution is -2.49. The third kappa shape index (κ3) is 9.54. The van der Waals surface area contributed by atoms with Crippen LogP contribution in [0.15, 0.2) is 91.4 Å². The van der Waals surface area contributed by atoms with E-state index in [0.29, 0.717) is 25.7 Å². The number of hydrogen-bond donors (Lipinski definition) is 4. The van der Waals surface area contributed by atoms with Crippen LogP contribution in [0.4, 0.5) is 0 Å². The maximum Gasteiger partial charge on any atom is 0.306 e. The molecule has 0 saturated heterocycles. The van der Waals surface area contributed by atoms with E-state index in [1.165, 1.54) is 0 Å². The summed E-state index contributed by atoms with van der Waals surface area (Å²) < 4.78 is 16.9. The zero-order chi connectivity index (χ0) is 37.2. The Morgan fingerprint density at radius 2 is 1.06 bits per heavy atom. The molecule has 53 heavy (non-hydrogen) atoms. The molecule has 3 aromatic carbocycles. The highest BCUT2D eigenvalue weighted by atomic mass is 16.6. The van der Waals surface area contributed by atoms with Crippen molar-refractivity contribution in [1.29, 1.82) is 0 Å². The topological polar surface area (TPSA) is 155 Å². The molecule has 4 N–H and O–H groups in total. The van der Waals surface area contributed by atoms with Gasteiger partial charge in [-0.25, -0.2) is 0 Å². The van der Waals surface area contributed by atoms with Crippen LogP contribution in [0.25, 0.3) is 32.7 Å². The molecule has 6 rings (SSSR count). The average Bonchev–Trinajstić information content (AvgIpc) is 3.90. The van der Waals surface area contributed by atoms with Crippen molar-refractivity contribution >= 4 is 56.5 Å². The minimum atomic E-state index is -1.24. The highest BCUT2D eigenvalue weighted by molar-refractivity contribution is 5.87. The quantitative estimate of drug-likeness (QED) is 0.0430. The van der Waals surface area contributed by atoms with Gasteiger partial charge in [0.15, 0.2) is 6.10 Å². The van der Waals surface area contributed by atoms with Gasteiger partial charge in [0.2, 0.25) is 0 Å². The molecule has 1 amide bonds. The Balaban J connectivity index is 0.999. The molecule has 6 aromatic rings. The lowest BCUT2D eigenvalue weighted by atomic mass is 9.86. The maximum absolute atomic E-state index is 13.6. The van der Waals surface area contributed by atoms with Crippen molar-refractivity contribution in [2.24, 2.45) is 5.41 Å². The first-order valence-corrected chi connectivity index (χ1v) is 18.1. The highest BCUT2D eigenvalue weighted by Crippen LogP contribution is 2.27. The number of benzene rings is 3. The molecule has 1 atom stereocenters. The summed E-state index contributed by atoms with van der Waals surface area (Å²) in [5.41, 5.74) is 4.97. The second-order valence-electron chi connectivity index (χ2n) is 14.0. The molecular weight excluding hydrogens is 672 g/mol. The van der Waals surface area contributed by atoms with Gasteiger partial charge in [0, 0.05) is 82.5 Å². The normalized spacial score (nSPS) is 12.2. The second-order valence-corrected chi connectivity index (χ2v) is 14.0. The molecule has 11 nitrogen and oxygen atoms in total. The Hall–Kier alpha value is -5.84. The number of ether oxygens (including phenoxy) is 3. The van der Waals surface area contributed by atoms with Gasteiger partial charge in [0.1, 0.15) is 6.61 Å². The van der Waals surface area contributed by atoms with Crippen LogP contribution in [-0.2, 0) is 52.7 Å². The molecule has 0 fully saturated rings. The van der Waals surface area contributed by atoms with Gasteiger partial charge in [-0.2, -0.15) is 0 Å². The van der Waals surface area contributed by atoms with Gasteiger partial charge in [-0.05, 0) is 60.6 Å². The molecule has 0 aliphatic carbocycles. The average molecular weight is 719 g/mol. The maximum atomic E-state index is 13.6.